The van der Waals surface area contributed by atoms with Crippen molar-refractivity contribution < 1.29 is 14.3 Å². The number of carbonyl (C=O) groups excluding carboxylic acids is 1. The molecule has 2 aromatic rings. The Balaban J connectivity index is 1.83. The first-order valence-corrected chi connectivity index (χ1v) is 8.06. The summed E-state index contributed by atoms with van der Waals surface area (Å²) in [5, 5.41) is 5.87. The molecule has 0 aliphatic rings. The highest BCUT2D eigenvalue weighted by Gasteiger charge is 2.03. The van der Waals surface area contributed by atoms with Crippen molar-refractivity contribution in [2.75, 3.05) is 14.2 Å². The summed E-state index contributed by atoms with van der Waals surface area (Å²) in [6, 6.07) is 15.0. The predicted molar refractivity (Wildman–Crippen MR) is 103 cm³/mol. The molecule has 0 fully saturated rings. The number of benzene rings is 2. The van der Waals surface area contributed by atoms with E-state index in [2.05, 4.69) is 10.6 Å². The van der Waals surface area contributed by atoms with Crippen molar-refractivity contribution in [2.45, 2.75) is 6.54 Å². The van der Waals surface area contributed by atoms with Gasteiger partial charge in [-0.2, -0.15) is 0 Å². The van der Waals surface area contributed by atoms with E-state index in [0.717, 1.165) is 16.9 Å². The molecule has 0 bridgehead atoms. The fourth-order valence-corrected chi connectivity index (χ4v) is 2.27. The van der Waals surface area contributed by atoms with Crippen LogP contribution in [0.1, 0.15) is 11.1 Å². The van der Waals surface area contributed by atoms with Gasteiger partial charge < -0.3 is 14.8 Å². The second kappa shape index (κ2) is 9.44. The summed E-state index contributed by atoms with van der Waals surface area (Å²) in [6.07, 6.45) is 3.10. The van der Waals surface area contributed by atoms with Crippen LogP contribution in [0.4, 0.5) is 0 Å². The number of amides is 1. The average Bonchev–Trinajstić information content (AvgIpc) is 2.65. The van der Waals surface area contributed by atoms with E-state index in [1.807, 2.05) is 48.5 Å². The number of para-hydroxylation sites is 1. The molecular weight excluding hydrogens is 336 g/mol. The van der Waals surface area contributed by atoms with Gasteiger partial charge >= 0.3 is 0 Å². The van der Waals surface area contributed by atoms with E-state index in [4.69, 9.17) is 21.7 Å². The molecule has 1 amide bonds. The second-order valence-electron chi connectivity index (χ2n) is 5.10. The number of ether oxygens (including phenoxy) is 2. The van der Waals surface area contributed by atoms with Crippen LogP contribution < -0.4 is 20.1 Å². The third kappa shape index (κ3) is 5.93. The second-order valence-corrected chi connectivity index (χ2v) is 5.50. The van der Waals surface area contributed by atoms with Crippen LogP contribution >= 0.6 is 12.2 Å². The third-order valence-corrected chi connectivity index (χ3v) is 3.65. The van der Waals surface area contributed by atoms with Crippen molar-refractivity contribution in [3.05, 3.63) is 65.7 Å². The quantitative estimate of drug-likeness (QED) is 0.616. The Hall–Kier alpha value is -2.86. The van der Waals surface area contributed by atoms with Crippen LogP contribution in [0.2, 0.25) is 0 Å². The normalized spacial score (nSPS) is 10.3. The van der Waals surface area contributed by atoms with Gasteiger partial charge in [-0.25, -0.2) is 0 Å². The zero-order valence-electron chi connectivity index (χ0n) is 14.1. The lowest BCUT2D eigenvalue weighted by molar-refractivity contribution is -0.115. The molecule has 0 heterocycles. The lowest BCUT2D eigenvalue weighted by atomic mass is 10.2. The number of rotatable bonds is 6. The van der Waals surface area contributed by atoms with Gasteiger partial charge in [0.05, 0.1) is 14.2 Å². The van der Waals surface area contributed by atoms with E-state index in [-0.39, 0.29) is 11.0 Å². The molecule has 0 aromatic heterocycles. The molecule has 0 radical (unpaired) electrons. The standard InChI is InChI=1S/C19H20N2O3S/c1-23-16-10-7-14(8-11-16)13-20-19(25)21-18(22)12-9-15-5-3-4-6-17(15)24-2/h3-12H,13H2,1-2H3,(H2,20,21,22,25)/b12-9+. The Morgan fingerprint density at radius 1 is 1.08 bits per heavy atom. The Labute approximate surface area is 152 Å². The zero-order chi connectivity index (χ0) is 18.1. The summed E-state index contributed by atoms with van der Waals surface area (Å²) in [5.41, 5.74) is 1.85. The Kier molecular flexibility index (Phi) is 6.98. The van der Waals surface area contributed by atoms with Gasteiger partial charge in [0.2, 0.25) is 5.91 Å². The van der Waals surface area contributed by atoms with E-state index in [0.29, 0.717) is 12.3 Å². The molecule has 0 atom stereocenters. The van der Waals surface area contributed by atoms with E-state index in [9.17, 15) is 4.79 Å². The molecule has 0 spiro atoms. The minimum Gasteiger partial charge on any atom is -0.497 e. The van der Waals surface area contributed by atoms with E-state index in [1.54, 1.807) is 20.3 Å². The molecule has 0 saturated heterocycles. The first-order valence-electron chi connectivity index (χ1n) is 7.65. The SMILES string of the molecule is COc1ccc(CNC(=S)NC(=O)/C=C/c2ccccc2OC)cc1. The fourth-order valence-electron chi connectivity index (χ4n) is 2.09. The van der Waals surface area contributed by atoms with Crippen LogP contribution in [-0.2, 0) is 11.3 Å². The van der Waals surface area contributed by atoms with E-state index >= 15 is 0 Å². The molecule has 2 aromatic carbocycles. The monoisotopic (exact) mass is 356 g/mol. The first-order chi connectivity index (χ1) is 12.1. The fraction of sp³-hybridized carbons (Fsp3) is 0.158. The van der Waals surface area contributed by atoms with Crippen LogP contribution in [0, 0.1) is 0 Å². The van der Waals surface area contributed by atoms with Crippen molar-refractivity contribution in [2.24, 2.45) is 0 Å². The Morgan fingerprint density at radius 2 is 1.80 bits per heavy atom. The summed E-state index contributed by atoms with van der Waals surface area (Å²) in [4.78, 5) is 11.9. The summed E-state index contributed by atoms with van der Waals surface area (Å²) in [7, 11) is 3.21. The molecule has 25 heavy (non-hydrogen) atoms. The molecule has 2 N–H and O–H groups in total. The largest absolute Gasteiger partial charge is 0.497 e. The smallest absolute Gasteiger partial charge is 0.250 e. The molecule has 0 saturated carbocycles. The maximum atomic E-state index is 11.9. The number of hydrogen-bond acceptors (Lipinski definition) is 4. The van der Waals surface area contributed by atoms with Gasteiger partial charge in [-0.15, -0.1) is 0 Å². The predicted octanol–water partition coefficient (Wildman–Crippen LogP) is 2.91. The number of thiocarbonyl (C=S) groups is 1. The van der Waals surface area contributed by atoms with Crippen LogP contribution in [0.25, 0.3) is 6.08 Å². The van der Waals surface area contributed by atoms with Gasteiger partial charge in [0, 0.05) is 18.2 Å². The van der Waals surface area contributed by atoms with Crippen molar-refractivity contribution in [1.29, 1.82) is 0 Å². The summed E-state index contributed by atoms with van der Waals surface area (Å²) in [6.45, 7) is 0.513. The van der Waals surface area contributed by atoms with Crippen LogP contribution in [0.15, 0.2) is 54.6 Å². The van der Waals surface area contributed by atoms with Gasteiger partial charge in [-0.3, -0.25) is 10.1 Å². The summed E-state index contributed by atoms with van der Waals surface area (Å²) < 4.78 is 10.3. The van der Waals surface area contributed by atoms with Gasteiger partial charge in [0.15, 0.2) is 5.11 Å². The Morgan fingerprint density at radius 3 is 2.48 bits per heavy atom. The van der Waals surface area contributed by atoms with Crippen LogP contribution in [0.5, 0.6) is 11.5 Å². The highest BCUT2D eigenvalue weighted by molar-refractivity contribution is 7.80. The van der Waals surface area contributed by atoms with Crippen molar-refractivity contribution in [3.8, 4) is 11.5 Å². The highest BCUT2D eigenvalue weighted by atomic mass is 32.1. The third-order valence-electron chi connectivity index (χ3n) is 3.40. The highest BCUT2D eigenvalue weighted by Crippen LogP contribution is 2.18. The maximum Gasteiger partial charge on any atom is 0.250 e. The molecular formula is C19H20N2O3S. The molecule has 0 unspecified atom stereocenters. The summed E-state index contributed by atoms with van der Waals surface area (Å²) >= 11 is 5.13. The van der Waals surface area contributed by atoms with Gasteiger partial charge in [-0.05, 0) is 42.1 Å². The zero-order valence-corrected chi connectivity index (χ0v) is 14.9. The lowest BCUT2D eigenvalue weighted by Crippen LogP contribution is -2.37. The van der Waals surface area contributed by atoms with Crippen molar-refractivity contribution in [3.63, 3.8) is 0 Å². The van der Waals surface area contributed by atoms with Crippen LogP contribution in [-0.4, -0.2) is 25.2 Å². The van der Waals surface area contributed by atoms with E-state index in [1.165, 1.54) is 6.08 Å². The molecule has 6 heteroatoms. The molecule has 130 valence electrons. The topological polar surface area (TPSA) is 59.6 Å². The minimum absolute atomic E-state index is 0.269. The molecule has 5 nitrogen and oxygen atoms in total. The summed E-state index contributed by atoms with van der Waals surface area (Å²) in [5.74, 6) is 1.19. The van der Waals surface area contributed by atoms with Gasteiger partial charge in [-0.1, -0.05) is 30.3 Å². The van der Waals surface area contributed by atoms with Crippen LogP contribution in [0.3, 0.4) is 0 Å². The average molecular weight is 356 g/mol. The maximum absolute atomic E-state index is 11.9. The van der Waals surface area contributed by atoms with Crippen molar-refractivity contribution >= 4 is 29.3 Å². The Bertz CT molecular complexity index is 758. The number of nitrogens with one attached hydrogen (secondary N) is 2. The minimum atomic E-state index is -0.307. The first kappa shape index (κ1) is 18.5. The van der Waals surface area contributed by atoms with Crippen molar-refractivity contribution in [1.82, 2.24) is 10.6 Å². The van der Waals surface area contributed by atoms with Gasteiger partial charge in [0.1, 0.15) is 11.5 Å². The van der Waals surface area contributed by atoms with Gasteiger partial charge in [0.25, 0.3) is 0 Å². The van der Waals surface area contributed by atoms with E-state index < -0.39 is 0 Å². The number of methoxy groups -OCH3 is 2. The molecule has 2 rings (SSSR count). The number of carbonyl (C=O) groups is 1. The lowest BCUT2D eigenvalue weighted by Gasteiger charge is -2.09. The molecule has 0 aliphatic heterocycles. The number of hydrogen-bond donors (Lipinski definition) is 2. The molecule has 0 aliphatic carbocycles.